The summed E-state index contributed by atoms with van der Waals surface area (Å²) in [7, 11) is -3.90. The highest BCUT2D eigenvalue weighted by Crippen LogP contribution is 2.59. The number of carbonyl (C=O) groups is 1. The average molecular weight is 599 g/mol. The van der Waals surface area contributed by atoms with Gasteiger partial charge in [0.2, 0.25) is 0 Å². The maximum Gasteiger partial charge on any atom is 0.192 e. The maximum absolute atomic E-state index is 11.0. The molecular weight excluding hydrogens is 537 g/mol. The zero-order valence-corrected chi connectivity index (χ0v) is 30.7. The molecule has 0 N–H and O–H groups in total. The normalized spacial score (nSPS) is 32.5. The molecule has 0 radical (unpaired) electrons. The van der Waals surface area contributed by atoms with Crippen molar-refractivity contribution in [2.75, 3.05) is 0 Å². The third-order valence-electron chi connectivity index (χ3n) is 11.8. The third-order valence-corrected chi connectivity index (χ3v) is 20.8. The number of hydrogen-bond acceptors (Lipinski definition) is 3. The van der Waals surface area contributed by atoms with Gasteiger partial charge in [0, 0.05) is 12.8 Å². The summed E-state index contributed by atoms with van der Waals surface area (Å²) in [5.74, 6) is 1.20. The van der Waals surface area contributed by atoms with Gasteiger partial charge in [0.15, 0.2) is 16.6 Å². The lowest BCUT2D eigenvalue weighted by molar-refractivity contribution is -0.107. The molecule has 232 valence electrons. The Kier molecular flexibility index (Phi) is 10.5. The van der Waals surface area contributed by atoms with Crippen LogP contribution in [0.1, 0.15) is 107 Å². The molecule has 3 aliphatic rings. The van der Waals surface area contributed by atoms with Crippen LogP contribution in [0.25, 0.3) is 0 Å². The Morgan fingerprint density at radius 1 is 1.00 bits per heavy atom. The molecule has 0 spiro atoms. The Bertz CT molecular complexity index is 1070. The lowest BCUT2D eigenvalue weighted by Gasteiger charge is -2.45. The molecule has 41 heavy (non-hydrogen) atoms. The Morgan fingerprint density at radius 2 is 1.61 bits per heavy atom. The molecule has 3 saturated carbocycles. The van der Waals surface area contributed by atoms with E-state index >= 15 is 0 Å². The van der Waals surface area contributed by atoms with E-state index in [2.05, 4.69) is 106 Å². The predicted octanol–water partition coefficient (Wildman–Crippen LogP) is 10.7. The Morgan fingerprint density at radius 3 is 2.20 bits per heavy atom. The second kappa shape index (κ2) is 12.5. The summed E-state index contributed by atoms with van der Waals surface area (Å²) in [4.78, 5) is 11.0. The molecule has 0 bridgehead atoms. The van der Waals surface area contributed by atoms with Gasteiger partial charge in [-0.25, -0.2) is 0 Å². The summed E-state index contributed by atoms with van der Waals surface area (Å²) >= 11 is 0. The molecule has 3 nitrogen and oxygen atoms in total. The predicted molar refractivity (Wildman–Crippen MR) is 181 cm³/mol. The minimum Gasteiger partial charge on any atom is -0.413 e. The van der Waals surface area contributed by atoms with E-state index in [0.29, 0.717) is 18.3 Å². The second-order valence-electron chi connectivity index (χ2n) is 16.7. The molecule has 0 saturated heterocycles. The summed E-state index contributed by atoms with van der Waals surface area (Å²) in [6.45, 7) is 32.8. The standard InChI is InChI=1S/C36H62O3Si2/c1-26(16-15-23-37)31-20-21-32-28(17-14-22-36(31,32)9)18-19-29-24-30(38-40(10,11)34(3,4)5)25-33(27(29)2)39-41(12,13)35(6,7)8/h16,18-19,23,30-33H,2,14-15,17,20-22,24-25H2,1,3-13H3/t30-,31-,32+,33+,36-/m1/s1. The first-order valence-electron chi connectivity index (χ1n) is 16.3. The maximum atomic E-state index is 11.0. The van der Waals surface area contributed by atoms with Crippen molar-refractivity contribution in [2.24, 2.45) is 17.3 Å². The number of allylic oxidation sites excluding steroid dienone is 5. The van der Waals surface area contributed by atoms with E-state index in [1.807, 2.05) is 0 Å². The van der Waals surface area contributed by atoms with Gasteiger partial charge in [0.1, 0.15) is 6.29 Å². The molecule has 0 amide bonds. The molecule has 0 aliphatic heterocycles. The third kappa shape index (κ3) is 7.56. The summed E-state index contributed by atoms with van der Waals surface area (Å²) in [5, 5.41) is 0.323. The molecule has 0 aromatic heterocycles. The van der Waals surface area contributed by atoms with Crippen LogP contribution in [0.5, 0.6) is 0 Å². The van der Waals surface area contributed by atoms with E-state index in [1.54, 1.807) is 5.57 Å². The molecular formula is C36H62O3Si2. The van der Waals surface area contributed by atoms with E-state index < -0.39 is 16.6 Å². The first-order valence-corrected chi connectivity index (χ1v) is 22.1. The van der Waals surface area contributed by atoms with Crippen molar-refractivity contribution in [3.05, 3.63) is 47.1 Å². The zero-order chi connectivity index (χ0) is 31.0. The Labute approximate surface area is 255 Å². The number of aldehydes is 1. The fourth-order valence-electron chi connectivity index (χ4n) is 7.13. The Balaban J connectivity index is 1.93. The number of fused-ring (bicyclic) bond motifs is 1. The topological polar surface area (TPSA) is 35.5 Å². The van der Waals surface area contributed by atoms with Crippen LogP contribution in [0.2, 0.25) is 36.3 Å². The molecule has 5 heteroatoms. The first kappa shape index (κ1) is 34.5. The van der Waals surface area contributed by atoms with Gasteiger partial charge < -0.3 is 13.6 Å². The highest BCUT2D eigenvalue weighted by Gasteiger charge is 2.49. The van der Waals surface area contributed by atoms with Gasteiger partial charge in [-0.3, -0.25) is 0 Å². The van der Waals surface area contributed by atoms with Gasteiger partial charge in [-0.15, -0.1) is 0 Å². The van der Waals surface area contributed by atoms with Crippen molar-refractivity contribution in [3.63, 3.8) is 0 Å². The minimum absolute atomic E-state index is 0.0159. The van der Waals surface area contributed by atoms with E-state index in [4.69, 9.17) is 8.85 Å². The van der Waals surface area contributed by atoms with E-state index in [-0.39, 0.29) is 27.7 Å². The number of rotatable bonds is 8. The van der Waals surface area contributed by atoms with Crippen molar-refractivity contribution in [3.8, 4) is 0 Å². The summed E-state index contributed by atoms with van der Waals surface area (Å²) in [6.07, 6.45) is 16.8. The molecule has 0 unspecified atom stereocenters. The van der Waals surface area contributed by atoms with E-state index in [1.165, 1.54) is 43.3 Å². The van der Waals surface area contributed by atoms with Crippen LogP contribution in [0.3, 0.4) is 0 Å². The largest absolute Gasteiger partial charge is 0.413 e. The van der Waals surface area contributed by atoms with Crippen molar-refractivity contribution in [1.29, 1.82) is 0 Å². The fourth-order valence-corrected chi connectivity index (χ4v) is 9.80. The van der Waals surface area contributed by atoms with E-state index in [0.717, 1.165) is 24.7 Å². The number of hydrogen-bond donors (Lipinski definition) is 0. The summed E-state index contributed by atoms with van der Waals surface area (Å²) in [6, 6.07) is 0. The highest BCUT2D eigenvalue weighted by atomic mass is 28.4. The smallest absolute Gasteiger partial charge is 0.192 e. The Hall–Kier alpha value is -1.02. The van der Waals surface area contributed by atoms with Crippen LogP contribution >= 0.6 is 0 Å². The molecule has 3 rings (SSSR count). The summed E-state index contributed by atoms with van der Waals surface area (Å²) < 4.78 is 14.1. The van der Waals surface area contributed by atoms with Crippen molar-refractivity contribution >= 4 is 22.9 Å². The van der Waals surface area contributed by atoms with Crippen LogP contribution in [0, 0.1) is 17.3 Å². The van der Waals surface area contributed by atoms with Gasteiger partial charge in [-0.2, -0.15) is 0 Å². The van der Waals surface area contributed by atoms with Crippen LogP contribution < -0.4 is 0 Å². The minimum atomic E-state index is -1.97. The zero-order valence-electron chi connectivity index (χ0n) is 28.7. The van der Waals surface area contributed by atoms with E-state index in [9.17, 15) is 4.79 Å². The second-order valence-corrected chi connectivity index (χ2v) is 26.2. The quantitative estimate of drug-likeness (QED) is 0.158. The average Bonchev–Trinajstić information content (AvgIpc) is 3.19. The van der Waals surface area contributed by atoms with Crippen LogP contribution in [-0.4, -0.2) is 35.1 Å². The molecule has 3 aliphatic carbocycles. The summed E-state index contributed by atoms with van der Waals surface area (Å²) in [5.41, 5.74) is 5.80. The lowest BCUT2D eigenvalue weighted by atomic mass is 9.62. The van der Waals surface area contributed by atoms with Crippen LogP contribution in [0.15, 0.2) is 47.1 Å². The van der Waals surface area contributed by atoms with Crippen molar-refractivity contribution in [1.82, 2.24) is 0 Å². The van der Waals surface area contributed by atoms with Gasteiger partial charge in [-0.05, 0) is 110 Å². The molecule has 3 fully saturated rings. The van der Waals surface area contributed by atoms with Gasteiger partial charge >= 0.3 is 0 Å². The molecule has 5 atom stereocenters. The SMILES string of the molecule is C=C1C(=CC=C2CCC[C@]3(C)[C@@H](C(C)=CCC=O)CC[C@@H]23)C[C@@H](O[Si](C)(C)C(C)(C)C)C[C@@H]1O[Si](C)(C)C(C)(C)C. The fraction of sp³-hybridized carbons (Fsp3) is 0.750. The van der Waals surface area contributed by atoms with Gasteiger partial charge in [-0.1, -0.05) is 84.4 Å². The molecule has 0 heterocycles. The van der Waals surface area contributed by atoms with Gasteiger partial charge in [0.25, 0.3) is 0 Å². The molecule has 0 aromatic carbocycles. The van der Waals surface area contributed by atoms with Gasteiger partial charge in [0.05, 0.1) is 12.2 Å². The number of carbonyl (C=O) groups excluding carboxylic acids is 1. The molecule has 0 aromatic rings. The monoisotopic (exact) mass is 598 g/mol. The first-order chi connectivity index (χ1) is 18.7. The van der Waals surface area contributed by atoms with Crippen LogP contribution in [0.4, 0.5) is 0 Å². The highest BCUT2D eigenvalue weighted by molar-refractivity contribution is 6.74. The van der Waals surface area contributed by atoms with Crippen LogP contribution in [-0.2, 0) is 13.6 Å². The van der Waals surface area contributed by atoms with Crippen molar-refractivity contribution in [2.45, 2.75) is 155 Å². The van der Waals surface area contributed by atoms with Crippen molar-refractivity contribution < 1.29 is 13.6 Å². The lowest BCUT2D eigenvalue weighted by Crippen LogP contribution is -2.49.